The number of carbonyl (C=O) groups is 3. The molecule has 13 heteroatoms. The molecule has 152 valence electrons. The number of hydroxylamine groups is 2. The van der Waals surface area contributed by atoms with Crippen molar-refractivity contribution in [2.24, 2.45) is 5.11 Å². The molecular formula is C15H23N4NaO8. The van der Waals surface area contributed by atoms with Crippen LogP contribution in [0.5, 0.6) is 0 Å². The third-order valence-corrected chi connectivity index (χ3v) is 3.04. The van der Waals surface area contributed by atoms with Gasteiger partial charge in [-0.2, -0.15) is 0 Å². The standard InChI is InChI=1S/C15H23N4O8.Na/c16-18-17-4-6-24-8-10-26-12-11-25-9-7-23-5-3-15(22)27-19-13(20)1-2-14(19)21;/h1H,2-12H2;/q-1;+1. The Morgan fingerprint density at radius 3 is 2.04 bits per heavy atom. The zero-order valence-electron chi connectivity index (χ0n) is 15.9. The minimum atomic E-state index is -0.719. The Morgan fingerprint density at radius 2 is 1.54 bits per heavy atom. The van der Waals surface area contributed by atoms with Crippen molar-refractivity contribution >= 4 is 17.8 Å². The molecule has 1 aliphatic heterocycles. The summed E-state index contributed by atoms with van der Waals surface area (Å²) in [6.45, 7) is 2.98. The summed E-state index contributed by atoms with van der Waals surface area (Å²) in [5.41, 5.74) is 8.06. The second-order valence-corrected chi connectivity index (χ2v) is 5.05. The molecule has 1 rings (SSSR count). The summed E-state index contributed by atoms with van der Waals surface area (Å²) in [5, 5.41) is 3.78. The van der Waals surface area contributed by atoms with Crippen molar-refractivity contribution in [3.05, 3.63) is 16.9 Å². The summed E-state index contributed by atoms with van der Waals surface area (Å²) < 4.78 is 20.9. The zero-order chi connectivity index (χ0) is 19.7. The van der Waals surface area contributed by atoms with Crippen LogP contribution in [-0.4, -0.2) is 82.2 Å². The minimum Gasteiger partial charge on any atom is -0.379 e. The number of amides is 2. The number of hydrogen-bond donors (Lipinski definition) is 0. The van der Waals surface area contributed by atoms with Crippen molar-refractivity contribution in [3.63, 3.8) is 0 Å². The second kappa shape index (κ2) is 17.7. The molecule has 0 aliphatic carbocycles. The van der Waals surface area contributed by atoms with Crippen molar-refractivity contribution in [1.82, 2.24) is 5.06 Å². The molecule has 0 aromatic carbocycles. The maximum Gasteiger partial charge on any atom is 1.00 e. The van der Waals surface area contributed by atoms with Crippen LogP contribution in [0.3, 0.4) is 0 Å². The van der Waals surface area contributed by atoms with Gasteiger partial charge in [-0.25, -0.2) is 4.79 Å². The van der Waals surface area contributed by atoms with E-state index in [1.54, 1.807) is 0 Å². The van der Waals surface area contributed by atoms with E-state index in [2.05, 4.69) is 14.9 Å². The van der Waals surface area contributed by atoms with Gasteiger partial charge in [0.2, 0.25) is 5.91 Å². The number of rotatable bonds is 16. The minimum absolute atomic E-state index is 0. The first-order valence-electron chi connectivity index (χ1n) is 8.38. The van der Waals surface area contributed by atoms with Gasteiger partial charge < -0.3 is 28.6 Å². The molecule has 0 unspecified atom stereocenters. The molecule has 0 bridgehead atoms. The first-order valence-corrected chi connectivity index (χ1v) is 8.38. The molecule has 2 amide bonds. The number of hydrogen-bond acceptors (Lipinski definition) is 9. The van der Waals surface area contributed by atoms with Crippen molar-refractivity contribution in [2.45, 2.75) is 12.8 Å². The molecule has 0 N–H and O–H groups in total. The van der Waals surface area contributed by atoms with Gasteiger partial charge in [0.25, 0.3) is 0 Å². The van der Waals surface area contributed by atoms with Crippen LogP contribution < -0.4 is 29.6 Å². The normalized spacial score (nSPS) is 12.9. The van der Waals surface area contributed by atoms with Crippen LogP contribution in [0.15, 0.2) is 5.11 Å². The summed E-state index contributed by atoms with van der Waals surface area (Å²) in [4.78, 5) is 41.2. The average molecular weight is 410 g/mol. The van der Waals surface area contributed by atoms with E-state index < -0.39 is 17.8 Å². The first-order chi connectivity index (χ1) is 13.1. The van der Waals surface area contributed by atoms with E-state index in [1.165, 1.54) is 0 Å². The Kier molecular flexibility index (Phi) is 16.8. The molecule has 0 radical (unpaired) electrons. The van der Waals surface area contributed by atoms with Gasteiger partial charge >= 0.3 is 35.5 Å². The molecule has 12 nitrogen and oxygen atoms in total. The third kappa shape index (κ3) is 12.9. The largest absolute Gasteiger partial charge is 1.00 e. The van der Waals surface area contributed by atoms with E-state index in [9.17, 15) is 14.4 Å². The van der Waals surface area contributed by atoms with E-state index in [0.29, 0.717) is 51.2 Å². The fourth-order valence-corrected chi connectivity index (χ4v) is 1.77. The molecule has 28 heavy (non-hydrogen) atoms. The molecule has 0 aromatic rings. The zero-order valence-corrected chi connectivity index (χ0v) is 17.9. The molecule has 1 aliphatic rings. The van der Waals surface area contributed by atoms with Gasteiger partial charge in [0, 0.05) is 11.5 Å². The van der Waals surface area contributed by atoms with Gasteiger partial charge in [-0.15, -0.1) is 5.06 Å². The summed E-state index contributed by atoms with van der Waals surface area (Å²) in [6, 6.07) is 0. The predicted octanol–water partition coefficient (Wildman–Crippen LogP) is -2.82. The summed E-state index contributed by atoms with van der Waals surface area (Å²) >= 11 is 0. The number of azide groups is 1. The van der Waals surface area contributed by atoms with Gasteiger partial charge in [0.15, 0.2) is 0 Å². The topological polar surface area (TPSA) is 149 Å². The third-order valence-electron chi connectivity index (χ3n) is 3.04. The van der Waals surface area contributed by atoms with E-state index in [4.69, 9.17) is 24.5 Å². The van der Waals surface area contributed by atoms with Crippen LogP contribution in [-0.2, 0) is 38.2 Å². The summed E-state index contributed by atoms with van der Waals surface area (Å²) in [7, 11) is 0. The summed E-state index contributed by atoms with van der Waals surface area (Å²) in [6.07, 6.45) is 1.00. The molecule has 0 aromatic heterocycles. The maximum absolute atomic E-state index is 11.5. The first kappa shape index (κ1) is 26.6. The van der Waals surface area contributed by atoms with Crippen molar-refractivity contribution in [1.29, 1.82) is 0 Å². The van der Waals surface area contributed by atoms with E-state index in [1.807, 2.05) is 0 Å². The van der Waals surface area contributed by atoms with Gasteiger partial charge in [0.1, 0.15) is 5.91 Å². The number of imide groups is 1. The van der Waals surface area contributed by atoms with E-state index in [-0.39, 0.29) is 55.6 Å². The number of nitrogens with zero attached hydrogens (tertiary/aromatic N) is 4. The fraction of sp³-hybridized carbons (Fsp3) is 0.733. The summed E-state index contributed by atoms with van der Waals surface area (Å²) in [5.74, 6) is -1.92. The molecule has 1 heterocycles. The Balaban J connectivity index is 0.00000729. The monoisotopic (exact) mass is 410 g/mol. The molecule has 0 spiro atoms. The predicted molar refractivity (Wildman–Crippen MR) is 88.8 cm³/mol. The SMILES string of the molecule is [N-]=[N+]=NCCOCCOCCOCCOCCC(=O)ON1C(=O)[CH-]CC1=O.[Na+]. The van der Waals surface area contributed by atoms with Gasteiger partial charge in [-0.1, -0.05) is 11.5 Å². The van der Waals surface area contributed by atoms with Crippen molar-refractivity contribution < 1.29 is 67.7 Å². The Hall–Kier alpha value is -1.37. The van der Waals surface area contributed by atoms with Crippen LogP contribution in [0, 0.1) is 6.42 Å². The van der Waals surface area contributed by atoms with Crippen LogP contribution in [0.4, 0.5) is 0 Å². The van der Waals surface area contributed by atoms with E-state index in [0.717, 1.165) is 6.42 Å². The van der Waals surface area contributed by atoms with Gasteiger partial charge in [0.05, 0.1) is 59.3 Å². The molecule has 0 saturated carbocycles. The second-order valence-electron chi connectivity index (χ2n) is 5.05. The van der Waals surface area contributed by atoms with Gasteiger partial charge in [-0.3, -0.25) is 11.2 Å². The van der Waals surface area contributed by atoms with Crippen LogP contribution in [0.1, 0.15) is 12.8 Å². The van der Waals surface area contributed by atoms with Crippen molar-refractivity contribution in [2.75, 3.05) is 59.4 Å². The Morgan fingerprint density at radius 1 is 1.00 bits per heavy atom. The van der Waals surface area contributed by atoms with Gasteiger partial charge in [-0.05, 0) is 5.53 Å². The Labute approximate surface area is 184 Å². The van der Waals surface area contributed by atoms with E-state index >= 15 is 0 Å². The number of carbonyl (C=O) groups excluding carboxylic acids is 3. The number of ether oxygens (including phenoxy) is 4. The fourth-order valence-electron chi connectivity index (χ4n) is 1.77. The van der Waals surface area contributed by atoms with Crippen LogP contribution in [0.25, 0.3) is 10.4 Å². The molecule has 1 saturated heterocycles. The van der Waals surface area contributed by atoms with Crippen LogP contribution >= 0.6 is 0 Å². The molecule has 0 atom stereocenters. The van der Waals surface area contributed by atoms with Crippen LogP contribution in [0.2, 0.25) is 0 Å². The molecule has 1 fully saturated rings. The average Bonchev–Trinajstić information content (AvgIpc) is 2.97. The Bertz CT molecular complexity index is 514. The maximum atomic E-state index is 11.5. The quantitative estimate of drug-likeness (QED) is 0.0503. The van der Waals surface area contributed by atoms with Crippen molar-refractivity contribution in [3.8, 4) is 0 Å². The molecular weight excluding hydrogens is 387 g/mol. The smallest absolute Gasteiger partial charge is 0.379 e.